The SMILES string of the molecule is COCCn1ccnc1C1N(C(=O)c2nc3n(n2)CCCN3)CC1(C)C. The molecule has 1 amide bonds. The second-order valence-corrected chi connectivity index (χ2v) is 7.56. The molecule has 0 aromatic carbocycles. The van der Waals surface area contributed by atoms with E-state index in [2.05, 4.69) is 38.8 Å². The third-order valence-electron chi connectivity index (χ3n) is 5.11. The van der Waals surface area contributed by atoms with E-state index >= 15 is 0 Å². The summed E-state index contributed by atoms with van der Waals surface area (Å²) >= 11 is 0. The molecule has 1 saturated heterocycles. The van der Waals surface area contributed by atoms with Crippen molar-refractivity contribution < 1.29 is 9.53 Å². The highest BCUT2D eigenvalue weighted by atomic mass is 16.5. The molecule has 1 fully saturated rings. The van der Waals surface area contributed by atoms with Gasteiger partial charge in [0, 0.05) is 51.1 Å². The maximum absolute atomic E-state index is 13.1. The Morgan fingerprint density at radius 1 is 1.46 bits per heavy atom. The number of nitrogens with one attached hydrogen (secondary N) is 1. The van der Waals surface area contributed by atoms with Crippen LogP contribution in [-0.4, -0.2) is 61.9 Å². The average Bonchev–Trinajstić information content (AvgIpc) is 3.24. The van der Waals surface area contributed by atoms with E-state index in [0.29, 0.717) is 25.6 Å². The molecule has 4 heterocycles. The molecule has 0 radical (unpaired) electrons. The second kappa shape index (κ2) is 6.39. The highest BCUT2D eigenvalue weighted by Gasteiger charge is 2.51. The van der Waals surface area contributed by atoms with Gasteiger partial charge in [0.15, 0.2) is 0 Å². The second-order valence-electron chi connectivity index (χ2n) is 7.56. The zero-order valence-corrected chi connectivity index (χ0v) is 15.5. The molecule has 0 spiro atoms. The van der Waals surface area contributed by atoms with Gasteiger partial charge < -0.3 is 19.5 Å². The predicted molar refractivity (Wildman–Crippen MR) is 94.8 cm³/mol. The van der Waals surface area contributed by atoms with Crippen LogP contribution in [0.1, 0.15) is 42.8 Å². The van der Waals surface area contributed by atoms with E-state index < -0.39 is 0 Å². The van der Waals surface area contributed by atoms with Crippen LogP contribution in [0.15, 0.2) is 12.4 Å². The topological polar surface area (TPSA) is 90.1 Å². The molecule has 9 nitrogen and oxygen atoms in total. The van der Waals surface area contributed by atoms with Gasteiger partial charge in [-0.2, -0.15) is 4.98 Å². The van der Waals surface area contributed by atoms with Gasteiger partial charge in [0.2, 0.25) is 11.8 Å². The summed E-state index contributed by atoms with van der Waals surface area (Å²) in [5.41, 5.74) is -0.0521. The third-order valence-corrected chi connectivity index (χ3v) is 5.11. The first-order chi connectivity index (χ1) is 12.5. The van der Waals surface area contributed by atoms with E-state index in [1.165, 1.54) is 0 Å². The Bertz CT molecular complexity index is 786. The number of carbonyl (C=O) groups is 1. The van der Waals surface area contributed by atoms with Gasteiger partial charge in [-0.3, -0.25) is 4.79 Å². The number of ether oxygens (including phenoxy) is 1. The van der Waals surface area contributed by atoms with Crippen molar-refractivity contribution in [3.8, 4) is 0 Å². The summed E-state index contributed by atoms with van der Waals surface area (Å²) < 4.78 is 9.02. The van der Waals surface area contributed by atoms with Gasteiger partial charge in [0.25, 0.3) is 5.91 Å². The Morgan fingerprint density at radius 3 is 3.04 bits per heavy atom. The van der Waals surface area contributed by atoms with Crippen LogP contribution in [-0.2, 0) is 17.8 Å². The number of hydrogen-bond acceptors (Lipinski definition) is 6. The van der Waals surface area contributed by atoms with Gasteiger partial charge in [-0.1, -0.05) is 13.8 Å². The minimum Gasteiger partial charge on any atom is -0.383 e. The lowest BCUT2D eigenvalue weighted by atomic mass is 9.74. The first-order valence-electron chi connectivity index (χ1n) is 9.01. The fraction of sp³-hybridized carbons (Fsp3) is 0.647. The summed E-state index contributed by atoms with van der Waals surface area (Å²) in [5.74, 6) is 1.68. The lowest BCUT2D eigenvalue weighted by molar-refractivity contribution is -0.0389. The van der Waals surface area contributed by atoms with Gasteiger partial charge in [0.05, 0.1) is 12.6 Å². The van der Waals surface area contributed by atoms with Crippen LogP contribution in [0, 0.1) is 5.41 Å². The van der Waals surface area contributed by atoms with Crippen molar-refractivity contribution in [3.63, 3.8) is 0 Å². The Kier molecular flexibility index (Phi) is 4.18. The minimum atomic E-state index is -0.140. The summed E-state index contributed by atoms with van der Waals surface area (Å²) in [5, 5.41) is 7.58. The largest absolute Gasteiger partial charge is 0.383 e. The van der Waals surface area contributed by atoms with Gasteiger partial charge in [-0.25, -0.2) is 9.67 Å². The summed E-state index contributed by atoms with van der Waals surface area (Å²) in [4.78, 5) is 23.8. The maximum atomic E-state index is 13.1. The highest BCUT2D eigenvalue weighted by Crippen LogP contribution is 2.48. The van der Waals surface area contributed by atoms with E-state index in [-0.39, 0.29) is 23.2 Å². The standard InChI is InChI=1S/C17H25N7O2/c1-17(2)11-23(12(17)14-18-6-8-22(14)9-10-26-3)15(25)13-20-16-19-5-4-7-24(16)21-13/h6,8,12H,4-5,7,9-11H2,1-3H3,(H,19,20,21). The monoisotopic (exact) mass is 359 g/mol. The first-order valence-corrected chi connectivity index (χ1v) is 9.01. The number of imidazole rings is 1. The molecule has 1 atom stereocenters. The van der Waals surface area contributed by atoms with Crippen molar-refractivity contribution in [2.75, 3.05) is 32.1 Å². The Hall–Kier alpha value is -2.42. The van der Waals surface area contributed by atoms with E-state index in [9.17, 15) is 4.79 Å². The first kappa shape index (κ1) is 17.0. The quantitative estimate of drug-likeness (QED) is 0.862. The normalized spacial score (nSPS) is 21.0. The van der Waals surface area contributed by atoms with Crippen LogP contribution in [0.3, 0.4) is 0 Å². The van der Waals surface area contributed by atoms with E-state index in [1.54, 1.807) is 18.0 Å². The molecule has 4 rings (SSSR count). The van der Waals surface area contributed by atoms with Crippen molar-refractivity contribution >= 4 is 11.9 Å². The zero-order chi connectivity index (χ0) is 18.3. The number of hydrogen-bond donors (Lipinski definition) is 1. The van der Waals surface area contributed by atoms with Crippen molar-refractivity contribution in [2.45, 2.75) is 39.4 Å². The van der Waals surface area contributed by atoms with Crippen LogP contribution in [0.5, 0.6) is 0 Å². The number of anilines is 1. The Balaban J connectivity index is 1.59. The van der Waals surface area contributed by atoms with Crippen molar-refractivity contribution in [2.24, 2.45) is 5.41 Å². The molecule has 0 saturated carbocycles. The molecule has 140 valence electrons. The number of amides is 1. The fourth-order valence-corrected chi connectivity index (χ4v) is 3.83. The number of rotatable bonds is 5. The van der Waals surface area contributed by atoms with E-state index in [0.717, 1.165) is 25.3 Å². The number of aryl methyl sites for hydroxylation is 1. The van der Waals surface area contributed by atoms with Crippen LogP contribution in [0.2, 0.25) is 0 Å². The molecule has 2 aromatic heterocycles. The van der Waals surface area contributed by atoms with Crippen LogP contribution >= 0.6 is 0 Å². The number of fused-ring (bicyclic) bond motifs is 1. The molecule has 0 bridgehead atoms. The Morgan fingerprint density at radius 2 is 2.31 bits per heavy atom. The lowest BCUT2D eigenvalue weighted by Crippen LogP contribution is -2.58. The summed E-state index contributed by atoms with van der Waals surface area (Å²) in [7, 11) is 1.68. The van der Waals surface area contributed by atoms with Crippen LogP contribution in [0.25, 0.3) is 0 Å². The van der Waals surface area contributed by atoms with Crippen LogP contribution in [0.4, 0.5) is 5.95 Å². The molecular formula is C17H25N7O2. The smallest absolute Gasteiger partial charge is 0.294 e. The molecule has 9 heteroatoms. The van der Waals surface area contributed by atoms with Crippen molar-refractivity contribution in [1.82, 2.24) is 29.2 Å². The van der Waals surface area contributed by atoms with E-state index in [1.807, 2.05) is 11.1 Å². The molecule has 0 aliphatic carbocycles. The van der Waals surface area contributed by atoms with Crippen molar-refractivity contribution in [1.29, 1.82) is 0 Å². The number of aromatic nitrogens is 5. The minimum absolute atomic E-state index is 0.0521. The van der Waals surface area contributed by atoms with E-state index in [4.69, 9.17) is 4.74 Å². The Labute approximate surface area is 152 Å². The zero-order valence-electron chi connectivity index (χ0n) is 15.5. The number of methoxy groups -OCH3 is 1. The third kappa shape index (κ3) is 2.76. The van der Waals surface area contributed by atoms with Crippen molar-refractivity contribution in [3.05, 3.63) is 24.0 Å². The fourth-order valence-electron chi connectivity index (χ4n) is 3.83. The van der Waals surface area contributed by atoms with Gasteiger partial charge >= 0.3 is 0 Å². The molecule has 26 heavy (non-hydrogen) atoms. The molecule has 2 aromatic rings. The molecular weight excluding hydrogens is 334 g/mol. The summed E-state index contributed by atoms with van der Waals surface area (Å²) in [6.07, 6.45) is 4.70. The van der Waals surface area contributed by atoms with Crippen LogP contribution < -0.4 is 5.32 Å². The molecule has 1 unspecified atom stereocenters. The molecule has 1 N–H and O–H groups in total. The lowest BCUT2D eigenvalue weighted by Gasteiger charge is -2.53. The van der Waals surface area contributed by atoms with Gasteiger partial charge in [-0.05, 0) is 6.42 Å². The number of nitrogens with zero attached hydrogens (tertiary/aromatic N) is 6. The average molecular weight is 359 g/mol. The highest BCUT2D eigenvalue weighted by molar-refractivity contribution is 5.91. The molecule has 2 aliphatic heterocycles. The van der Waals surface area contributed by atoms with Gasteiger partial charge in [0.1, 0.15) is 5.82 Å². The summed E-state index contributed by atoms with van der Waals surface area (Å²) in [6, 6.07) is -0.102. The molecule has 2 aliphatic rings. The number of likely N-dealkylation sites (tertiary alicyclic amines) is 1. The maximum Gasteiger partial charge on any atom is 0.294 e. The predicted octanol–water partition coefficient (Wildman–Crippen LogP) is 1.16. The number of carbonyl (C=O) groups excluding carboxylic acids is 1. The van der Waals surface area contributed by atoms with Gasteiger partial charge in [-0.15, -0.1) is 5.10 Å². The summed E-state index contributed by atoms with van der Waals surface area (Å²) in [6.45, 7) is 7.94.